The minimum atomic E-state index is -0.0696. The van der Waals surface area contributed by atoms with Crippen LogP contribution in [0.4, 0.5) is 5.82 Å². The third-order valence-electron chi connectivity index (χ3n) is 5.22. The summed E-state index contributed by atoms with van der Waals surface area (Å²) in [6.45, 7) is 2.35. The summed E-state index contributed by atoms with van der Waals surface area (Å²) in [4.78, 5) is 18.4. The molecule has 1 saturated carbocycles. The molecule has 2 fully saturated rings. The van der Waals surface area contributed by atoms with Crippen molar-refractivity contribution in [3.63, 3.8) is 0 Å². The van der Waals surface area contributed by atoms with Gasteiger partial charge in [0.1, 0.15) is 0 Å². The van der Waals surface area contributed by atoms with Gasteiger partial charge in [-0.2, -0.15) is 10.2 Å². The van der Waals surface area contributed by atoms with Crippen LogP contribution >= 0.6 is 0 Å². The molecule has 136 valence electrons. The molecule has 4 heterocycles. The molecule has 2 aliphatic rings. The molecular formula is C20H20N6O. The number of hydrogen-bond acceptors (Lipinski definition) is 6. The monoisotopic (exact) mass is 360 g/mol. The number of anilines is 1. The van der Waals surface area contributed by atoms with E-state index >= 15 is 0 Å². The van der Waals surface area contributed by atoms with Gasteiger partial charge in [0.25, 0.3) is 5.56 Å². The standard InChI is InChI=1S/C20H20N6O/c27-20-6-4-18(16-7-9-21-10-8-16)24-26(20)13-14-11-25(12-14)19-5-3-17(22-23-19)15-1-2-15/h3-10,14-15H,1-2,11-13H2. The van der Waals surface area contributed by atoms with Gasteiger partial charge < -0.3 is 4.90 Å². The van der Waals surface area contributed by atoms with Crippen LogP contribution in [0.15, 0.2) is 53.6 Å². The summed E-state index contributed by atoms with van der Waals surface area (Å²) in [7, 11) is 0. The first kappa shape index (κ1) is 16.1. The summed E-state index contributed by atoms with van der Waals surface area (Å²) in [6, 6.07) is 11.3. The lowest BCUT2D eigenvalue weighted by Crippen LogP contribution is -2.50. The van der Waals surface area contributed by atoms with Crippen LogP contribution in [-0.2, 0) is 6.54 Å². The van der Waals surface area contributed by atoms with Crippen molar-refractivity contribution in [3.8, 4) is 11.3 Å². The number of rotatable bonds is 5. The summed E-state index contributed by atoms with van der Waals surface area (Å²) in [5, 5.41) is 13.2. The van der Waals surface area contributed by atoms with Crippen molar-refractivity contribution in [2.45, 2.75) is 25.3 Å². The average Bonchev–Trinajstić information content (AvgIpc) is 3.52. The quantitative estimate of drug-likeness (QED) is 0.694. The highest BCUT2D eigenvalue weighted by atomic mass is 16.1. The van der Waals surface area contributed by atoms with Crippen LogP contribution in [0.2, 0.25) is 0 Å². The van der Waals surface area contributed by atoms with Gasteiger partial charge in [-0.05, 0) is 43.2 Å². The smallest absolute Gasteiger partial charge is 0.266 e. The minimum Gasteiger partial charge on any atom is -0.354 e. The second-order valence-corrected chi connectivity index (χ2v) is 7.34. The van der Waals surface area contributed by atoms with Crippen molar-refractivity contribution >= 4 is 5.82 Å². The van der Waals surface area contributed by atoms with Gasteiger partial charge in [0.15, 0.2) is 5.82 Å². The molecule has 0 aromatic carbocycles. The van der Waals surface area contributed by atoms with E-state index < -0.39 is 0 Å². The van der Waals surface area contributed by atoms with Crippen LogP contribution in [0, 0.1) is 5.92 Å². The van der Waals surface area contributed by atoms with E-state index in [-0.39, 0.29) is 5.56 Å². The second kappa shape index (κ2) is 6.57. The number of nitrogens with zero attached hydrogens (tertiary/aromatic N) is 6. The number of pyridine rings is 1. The average molecular weight is 360 g/mol. The maximum atomic E-state index is 12.2. The summed E-state index contributed by atoms with van der Waals surface area (Å²) >= 11 is 0. The topological polar surface area (TPSA) is 76.8 Å². The van der Waals surface area contributed by atoms with Crippen molar-refractivity contribution in [2.24, 2.45) is 5.92 Å². The molecule has 0 atom stereocenters. The Balaban J connectivity index is 1.25. The predicted octanol–water partition coefficient (Wildman–Crippen LogP) is 2.11. The molecule has 0 amide bonds. The van der Waals surface area contributed by atoms with Crippen molar-refractivity contribution < 1.29 is 0 Å². The summed E-state index contributed by atoms with van der Waals surface area (Å²) in [6.07, 6.45) is 5.93. The van der Waals surface area contributed by atoms with E-state index in [9.17, 15) is 4.79 Å². The Labute approximate surface area is 156 Å². The molecule has 27 heavy (non-hydrogen) atoms. The predicted molar refractivity (Wildman–Crippen MR) is 101 cm³/mol. The normalized spacial score (nSPS) is 17.0. The van der Waals surface area contributed by atoms with Crippen molar-refractivity contribution in [2.75, 3.05) is 18.0 Å². The van der Waals surface area contributed by atoms with Crippen molar-refractivity contribution in [3.05, 3.63) is 64.8 Å². The molecule has 3 aromatic rings. The Morgan fingerprint density at radius 2 is 1.78 bits per heavy atom. The van der Waals surface area contributed by atoms with Gasteiger partial charge in [0.2, 0.25) is 0 Å². The van der Waals surface area contributed by atoms with E-state index in [0.29, 0.717) is 18.4 Å². The van der Waals surface area contributed by atoms with Gasteiger partial charge in [-0.3, -0.25) is 9.78 Å². The minimum absolute atomic E-state index is 0.0696. The molecule has 1 aliphatic carbocycles. The van der Waals surface area contributed by atoms with Crippen molar-refractivity contribution in [1.29, 1.82) is 0 Å². The molecule has 0 bridgehead atoms. The van der Waals surface area contributed by atoms with Crippen LogP contribution in [0.3, 0.4) is 0 Å². The first-order valence-electron chi connectivity index (χ1n) is 9.33. The van der Waals surface area contributed by atoms with Crippen LogP contribution < -0.4 is 10.5 Å². The highest BCUT2D eigenvalue weighted by Crippen LogP contribution is 2.39. The molecule has 7 nitrogen and oxygen atoms in total. The van der Waals surface area contributed by atoms with E-state index in [2.05, 4.69) is 37.3 Å². The van der Waals surface area contributed by atoms with Gasteiger partial charge in [-0.15, -0.1) is 5.10 Å². The lowest BCUT2D eigenvalue weighted by molar-refractivity contribution is 0.333. The third kappa shape index (κ3) is 3.32. The molecule has 5 rings (SSSR count). The first-order chi connectivity index (χ1) is 13.3. The number of hydrogen-bond donors (Lipinski definition) is 0. The molecule has 0 N–H and O–H groups in total. The molecular weight excluding hydrogens is 340 g/mol. The molecule has 3 aromatic heterocycles. The lowest BCUT2D eigenvalue weighted by atomic mass is 10.0. The fourth-order valence-corrected chi connectivity index (χ4v) is 3.47. The highest BCUT2D eigenvalue weighted by molar-refractivity contribution is 5.57. The van der Waals surface area contributed by atoms with E-state index in [4.69, 9.17) is 0 Å². The Morgan fingerprint density at radius 3 is 2.48 bits per heavy atom. The summed E-state index contributed by atoms with van der Waals surface area (Å²) in [5.74, 6) is 1.93. The zero-order valence-electron chi connectivity index (χ0n) is 14.9. The highest BCUT2D eigenvalue weighted by Gasteiger charge is 2.30. The van der Waals surface area contributed by atoms with E-state index in [1.54, 1.807) is 29.2 Å². The third-order valence-corrected chi connectivity index (χ3v) is 5.22. The largest absolute Gasteiger partial charge is 0.354 e. The van der Waals surface area contributed by atoms with Crippen LogP contribution in [-0.4, -0.2) is 38.1 Å². The van der Waals surface area contributed by atoms with Gasteiger partial charge in [0.05, 0.1) is 17.9 Å². The van der Waals surface area contributed by atoms with Gasteiger partial charge in [-0.1, -0.05) is 0 Å². The Hall–Kier alpha value is -3.09. The van der Waals surface area contributed by atoms with Gasteiger partial charge >= 0.3 is 0 Å². The maximum Gasteiger partial charge on any atom is 0.266 e. The van der Waals surface area contributed by atoms with E-state index in [1.807, 2.05) is 12.1 Å². The molecule has 1 aliphatic heterocycles. The Bertz CT molecular complexity index is 991. The van der Waals surface area contributed by atoms with Gasteiger partial charge in [-0.25, -0.2) is 4.68 Å². The Morgan fingerprint density at radius 1 is 0.963 bits per heavy atom. The van der Waals surface area contributed by atoms with E-state index in [0.717, 1.165) is 35.9 Å². The SMILES string of the molecule is O=c1ccc(-c2ccncc2)nn1CC1CN(c2ccc(C3CC3)nn2)C1. The van der Waals surface area contributed by atoms with E-state index in [1.165, 1.54) is 12.8 Å². The second-order valence-electron chi connectivity index (χ2n) is 7.34. The zero-order valence-corrected chi connectivity index (χ0v) is 14.9. The summed E-state index contributed by atoms with van der Waals surface area (Å²) in [5.41, 5.74) is 2.79. The molecule has 1 saturated heterocycles. The van der Waals surface area contributed by atoms with Gasteiger partial charge in [0, 0.05) is 48.9 Å². The lowest BCUT2D eigenvalue weighted by Gasteiger charge is -2.39. The molecule has 0 unspecified atom stereocenters. The van der Waals surface area contributed by atoms with Crippen LogP contribution in [0.25, 0.3) is 11.3 Å². The number of aromatic nitrogens is 5. The molecule has 0 radical (unpaired) electrons. The first-order valence-corrected chi connectivity index (χ1v) is 9.33. The summed E-state index contributed by atoms with van der Waals surface area (Å²) < 4.78 is 1.57. The fourth-order valence-electron chi connectivity index (χ4n) is 3.47. The molecule has 0 spiro atoms. The van der Waals surface area contributed by atoms with Crippen molar-refractivity contribution in [1.82, 2.24) is 25.0 Å². The maximum absolute atomic E-state index is 12.2. The fraction of sp³-hybridized carbons (Fsp3) is 0.350. The molecule has 7 heteroatoms. The van der Waals surface area contributed by atoms with Crippen LogP contribution in [0.5, 0.6) is 0 Å². The van der Waals surface area contributed by atoms with Crippen LogP contribution in [0.1, 0.15) is 24.5 Å². The Kier molecular flexibility index (Phi) is 3.92. The zero-order chi connectivity index (χ0) is 18.2.